The normalized spacial score (nSPS) is 14.6. The highest BCUT2D eigenvalue weighted by Gasteiger charge is 2.32. The number of hydrogen-bond donors (Lipinski definition) is 1. The van der Waals surface area contributed by atoms with E-state index in [0.717, 1.165) is 22.6 Å². The molecule has 10 heteroatoms. The Morgan fingerprint density at radius 1 is 1.00 bits per heavy atom. The summed E-state index contributed by atoms with van der Waals surface area (Å²) >= 11 is 1.06. The summed E-state index contributed by atoms with van der Waals surface area (Å²) in [6.45, 7) is 3.81. The third kappa shape index (κ3) is 4.98. The first-order valence-electron chi connectivity index (χ1n) is 10.7. The van der Waals surface area contributed by atoms with Crippen molar-refractivity contribution in [1.82, 2.24) is 4.31 Å². The van der Waals surface area contributed by atoms with E-state index >= 15 is 0 Å². The molecule has 0 atom stereocenters. The van der Waals surface area contributed by atoms with Crippen LogP contribution in [-0.2, 0) is 14.8 Å². The van der Waals surface area contributed by atoms with Crippen molar-refractivity contribution in [2.24, 2.45) is 0 Å². The molecule has 2 heterocycles. The smallest absolute Gasteiger partial charge is 0.337 e. The maximum absolute atomic E-state index is 13.4. The zero-order valence-electron chi connectivity index (χ0n) is 18.9. The molecule has 1 aliphatic rings. The Labute approximate surface area is 202 Å². The number of ether oxygens (including phenoxy) is 1. The second kappa shape index (κ2) is 9.96. The summed E-state index contributed by atoms with van der Waals surface area (Å²) in [7, 11) is -2.57. The minimum absolute atomic E-state index is 0.0110. The third-order valence-corrected chi connectivity index (χ3v) is 8.58. The van der Waals surface area contributed by atoms with Crippen LogP contribution in [0.4, 0.5) is 11.4 Å². The van der Waals surface area contributed by atoms with Crippen molar-refractivity contribution >= 4 is 44.6 Å². The molecule has 1 N–H and O–H groups in total. The van der Waals surface area contributed by atoms with Gasteiger partial charge < -0.3 is 15.0 Å². The Bertz CT molecular complexity index is 1310. The van der Waals surface area contributed by atoms with E-state index < -0.39 is 21.9 Å². The fourth-order valence-electron chi connectivity index (χ4n) is 3.85. The monoisotopic (exact) mass is 499 g/mol. The van der Waals surface area contributed by atoms with Gasteiger partial charge >= 0.3 is 5.97 Å². The fourth-order valence-corrected chi connectivity index (χ4v) is 6.56. The Hall–Kier alpha value is -3.21. The Balaban J connectivity index is 1.48. The van der Waals surface area contributed by atoms with Crippen molar-refractivity contribution in [3.05, 3.63) is 76.0 Å². The van der Waals surface area contributed by atoms with E-state index in [1.54, 1.807) is 23.6 Å². The number of methoxy groups -OCH3 is 1. The molecule has 2 aromatic carbocycles. The first kappa shape index (κ1) is 23.9. The Morgan fingerprint density at radius 2 is 1.74 bits per heavy atom. The predicted molar refractivity (Wildman–Crippen MR) is 132 cm³/mol. The number of anilines is 2. The van der Waals surface area contributed by atoms with Gasteiger partial charge in [-0.15, -0.1) is 11.3 Å². The molecule has 4 rings (SSSR count). The van der Waals surface area contributed by atoms with Crippen LogP contribution in [0.25, 0.3) is 0 Å². The molecular formula is C24H25N3O5S2. The fraction of sp³-hybridized carbons (Fsp3) is 0.250. The van der Waals surface area contributed by atoms with Crippen molar-refractivity contribution in [2.75, 3.05) is 43.5 Å². The number of thiophene rings is 1. The third-order valence-electron chi connectivity index (χ3n) is 5.60. The summed E-state index contributed by atoms with van der Waals surface area (Å²) in [5.41, 5.74) is 2.88. The first-order valence-corrected chi connectivity index (χ1v) is 13.0. The van der Waals surface area contributed by atoms with E-state index in [4.69, 9.17) is 4.74 Å². The van der Waals surface area contributed by atoms with Crippen molar-refractivity contribution < 1.29 is 22.7 Å². The molecule has 0 saturated carbocycles. The lowest BCUT2D eigenvalue weighted by Crippen LogP contribution is -2.48. The van der Waals surface area contributed by atoms with Gasteiger partial charge in [-0.05, 0) is 54.3 Å². The van der Waals surface area contributed by atoms with Crippen molar-refractivity contribution in [3.8, 4) is 0 Å². The molecule has 0 bridgehead atoms. The van der Waals surface area contributed by atoms with E-state index in [0.29, 0.717) is 31.9 Å². The number of nitrogens with one attached hydrogen (secondary N) is 1. The van der Waals surface area contributed by atoms with Crippen molar-refractivity contribution in [1.29, 1.82) is 0 Å². The molecule has 1 fully saturated rings. The second-order valence-electron chi connectivity index (χ2n) is 7.87. The zero-order valence-corrected chi connectivity index (χ0v) is 20.5. The number of hydrogen-bond acceptors (Lipinski definition) is 7. The predicted octanol–water partition coefficient (Wildman–Crippen LogP) is 3.61. The first-order chi connectivity index (χ1) is 16.3. The summed E-state index contributed by atoms with van der Waals surface area (Å²) in [6.07, 6.45) is 0. The van der Waals surface area contributed by atoms with E-state index in [-0.39, 0.29) is 15.3 Å². The molecule has 1 aromatic heterocycles. The van der Waals surface area contributed by atoms with Crippen LogP contribution in [0.1, 0.15) is 25.6 Å². The highest BCUT2D eigenvalue weighted by Crippen LogP contribution is 2.28. The van der Waals surface area contributed by atoms with Gasteiger partial charge in [-0.2, -0.15) is 4.31 Å². The number of amides is 1. The SMILES string of the molecule is COC(=O)c1cccc(NC(=O)c2sccc2S(=O)(=O)N2CCN(c3cccc(C)c3)CC2)c1. The van der Waals surface area contributed by atoms with Crippen molar-refractivity contribution in [3.63, 3.8) is 0 Å². The van der Waals surface area contributed by atoms with Crippen LogP contribution in [0.3, 0.4) is 0 Å². The van der Waals surface area contributed by atoms with Crippen LogP contribution < -0.4 is 10.2 Å². The van der Waals surface area contributed by atoms with Crippen LogP contribution in [-0.4, -0.2) is 57.9 Å². The van der Waals surface area contributed by atoms with E-state index in [2.05, 4.69) is 16.3 Å². The maximum atomic E-state index is 13.4. The molecule has 1 saturated heterocycles. The summed E-state index contributed by atoms with van der Waals surface area (Å²) in [5.74, 6) is -1.07. The molecule has 0 aliphatic carbocycles. The molecule has 0 unspecified atom stereocenters. The van der Waals surface area contributed by atoms with Crippen LogP contribution >= 0.6 is 11.3 Å². The summed E-state index contributed by atoms with van der Waals surface area (Å²) < 4.78 is 32.9. The minimum Gasteiger partial charge on any atom is -0.465 e. The van der Waals surface area contributed by atoms with Crippen LogP contribution in [0.5, 0.6) is 0 Å². The molecule has 0 radical (unpaired) electrons. The quantitative estimate of drug-likeness (QED) is 0.521. The zero-order chi connectivity index (χ0) is 24.3. The Morgan fingerprint density at radius 3 is 2.44 bits per heavy atom. The van der Waals surface area contributed by atoms with Gasteiger partial charge in [-0.3, -0.25) is 4.79 Å². The van der Waals surface area contributed by atoms with Gasteiger partial charge in [0, 0.05) is 37.6 Å². The Kier molecular flexibility index (Phi) is 7.01. The molecule has 1 amide bonds. The standard InChI is InChI=1S/C24H25N3O5S2/c1-17-5-3-8-20(15-17)26-10-12-27(13-11-26)34(30,31)21-9-14-33-22(21)23(28)25-19-7-4-6-18(16-19)24(29)32-2/h3-9,14-16H,10-13H2,1-2H3,(H,25,28). The number of benzene rings is 2. The van der Waals surface area contributed by atoms with E-state index in [9.17, 15) is 18.0 Å². The van der Waals surface area contributed by atoms with Gasteiger partial charge in [0.2, 0.25) is 10.0 Å². The van der Waals surface area contributed by atoms with Crippen LogP contribution in [0.2, 0.25) is 0 Å². The average molecular weight is 500 g/mol. The van der Waals surface area contributed by atoms with Gasteiger partial charge in [0.15, 0.2) is 0 Å². The lowest BCUT2D eigenvalue weighted by molar-refractivity contribution is 0.0600. The molecule has 3 aromatic rings. The lowest BCUT2D eigenvalue weighted by atomic mass is 10.2. The molecular weight excluding hydrogens is 474 g/mol. The highest BCUT2D eigenvalue weighted by molar-refractivity contribution is 7.89. The molecule has 1 aliphatic heterocycles. The largest absolute Gasteiger partial charge is 0.465 e. The molecule has 178 valence electrons. The number of carbonyl (C=O) groups excluding carboxylic acids is 2. The maximum Gasteiger partial charge on any atom is 0.337 e. The molecule has 8 nitrogen and oxygen atoms in total. The number of rotatable bonds is 6. The lowest BCUT2D eigenvalue weighted by Gasteiger charge is -2.35. The summed E-state index contributed by atoms with van der Waals surface area (Å²) in [4.78, 5) is 26.9. The van der Waals surface area contributed by atoms with E-state index in [1.807, 2.05) is 25.1 Å². The summed E-state index contributed by atoms with van der Waals surface area (Å²) in [6, 6.07) is 15.9. The van der Waals surface area contributed by atoms with Gasteiger partial charge in [0.1, 0.15) is 9.77 Å². The van der Waals surface area contributed by atoms with Crippen molar-refractivity contribution in [2.45, 2.75) is 11.8 Å². The topological polar surface area (TPSA) is 96.0 Å². The number of sulfonamides is 1. The highest BCUT2D eigenvalue weighted by atomic mass is 32.2. The second-order valence-corrected chi connectivity index (χ2v) is 10.7. The number of esters is 1. The van der Waals surface area contributed by atoms with Crippen LogP contribution in [0.15, 0.2) is 64.9 Å². The average Bonchev–Trinajstić information content (AvgIpc) is 3.35. The summed E-state index contributed by atoms with van der Waals surface area (Å²) in [5, 5.41) is 4.28. The molecule has 0 spiro atoms. The van der Waals surface area contributed by atoms with E-state index in [1.165, 1.54) is 23.5 Å². The minimum atomic E-state index is -3.84. The van der Waals surface area contributed by atoms with Gasteiger partial charge in [-0.1, -0.05) is 18.2 Å². The number of piperazine rings is 1. The molecule has 34 heavy (non-hydrogen) atoms. The number of carbonyl (C=O) groups is 2. The van der Waals surface area contributed by atoms with Gasteiger partial charge in [0.05, 0.1) is 12.7 Å². The van der Waals surface area contributed by atoms with Gasteiger partial charge in [-0.25, -0.2) is 13.2 Å². The number of nitrogens with zero attached hydrogens (tertiary/aromatic N) is 2. The van der Waals surface area contributed by atoms with Crippen LogP contribution in [0, 0.1) is 6.92 Å². The number of aryl methyl sites for hydroxylation is 1. The van der Waals surface area contributed by atoms with Gasteiger partial charge in [0.25, 0.3) is 5.91 Å².